The van der Waals surface area contributed by atoms with Crippen LogP contribution in [-0.4, -0.2) is 33.9 Å². The molecule has 0 heterocycles. The fourth-order valence-electron chi connectivity index (χ4n) is 8.13. The number of carboxylic acid groups (broad SMARTS) is 1. The van der Waals surface area contributed by atoms with Gasteiger partial charge >= 0.3 is 11.9 Å². The number of rotatable bonds is 4. The average molecular weight is 419 g/mol. The Morgan fingerprint density at radius 1 is 1.03 bits per heavy atom. The van der Waals surface area contributed by atoms with Crippen LogP contribution in [0, 0.1) is 34.5 Å². The van der Waals surface area contributed by atoms with Gasteiger partial charge in [-0.25, -0.2) is 4.79 Å². The van der Waals surface area contributed by atoms with E-state index in [4.69, 9.17) is 9.84 Å². The van der Waals surface area contributed by atoms with E-state index in [-0.39, 0.29) is 22.9 Å². The summed E-state index contributed by atoms with van der Waals surface area (Å²) in [7, 11) is 0. The van der Waals surface area contributed by atoms with Crippen molar-refractivity contribution in [2.45, 2.75) is 96.7 Å². The molecule has 0 aliphatic heterocycles. The van der Waals surface area contributed by atoms with Crippen LogP contribution in [-0.2, 0) is 14.3 Å². The summed E-state index contributed by atoms with van der Waals surface area (Å²) in [6, 6.07) is 0. The zero-order valence-electron chi connectivity index (χ0n) is 18.7. The monoisotopic (exact) mass is 418 g/mol. The molecule has 5 nitrogen and oxygen atoms in total. The normalized spacial score (nSPS) is 47.9. The molecule has 4 fully saturated rings. The predicted molar refractivity (Wildman–Crippen MR) is 114 cm³/mol. The first-order valence-electron chi connectivity index (χ1n) is 12.0. The van der Waals surface area contributed by atoms with Crippen LogP contribution in [0.2, 0.25) is 0 Å². The minimum Gasteiger partial charge on any atom is -0.478 e. The van der Waals surface area contributed by atoms with Crippen molar-refractivity contribution in [2.24, 2.45) is 34.5 Å². The van der Waals surface area contributed by atoms with E-state index in [1.54, 1.807) is 6.08 Å². The maximum Gasteiger partial charge on any atom is 0.328 e. The van der Waals surface area contributed by atoms with Gasteiger partial charge in [0.1, 0.15) is 6.10 Å². The van der Waals surface area contributed by atoms with E-state index in [2.05, 4.69) is 13.8 Å². The van der Waals surface area contributed by atoms with Crippen LogP contribution in [0.15, 0.2) is 12.2 Å². The molecule has 2 N–H and O–H groups in total. The summed E-state index contributed by atoms with van der Waals surface area (Å²) in [5.74, 6) is 1.25. The lowest BCUT2D eigenvalue weighted by atomic mass is 9.44. The highest BCUT2D eigenvalue weighted by atomic mass is 16.5. The molecule has 0 amide bonds. The minimum atomic E-state index is -1.01. The quantitative estimate of drug-likeness (QED) is 0.510. The Morgan fingerprint density at radius 3 is 2.47 bits per heavy atom. The molecule has 30 heavy (non-hydrogen) atoms. The number of carbonyl (C=O) groups excluding carboxylic acids is 1. The van der Waals surface area contributed by atoms with Gasteiger partial charge in [0.2, 0.25) is 0 Å². The number of fused-ring (bicyclic) bond motifs is 5. The second-order valence-electron chi connectivity index (χ2n) is 11.0. The summed E-state index contributed by atoms with van der Waals surface area (Å²) < 4.78 is 5.70. The topological polar surface area (TPSA) is 83.8 Å². The largest absolute Gasteiger partial charge is 0.478 e. The molecular formula is C25H38O5. The zero-order chi connectivity index (χ0) is 21.7. The van der Waals surface area contributed by atoms with Gasteiger partial charge in [0.25, 0.3) is 0 Å². The molecule has 0 bridgehead atoms. The SMILES string of the molecule is CCC(=O)O[C@H]1CC[C@@]2(C)[C@@H](CC[C@@H]3[C@@H]2CC[C@@]2(C)[C@H]3CC[C@@]2(O)C=CC(=O)O)C1. The van der Waals surface area contributed by atoms with E-state index in [0.29, 0.717) is 36.5 Å². The van der Waals surface area contributed by atoms with E-state index in [1.807, 2.05) is 6.92 Å². The number of aliphatic carboxylic acids is 1. The summed E-state index contributed by atoms with van der Waals surface area (Å²) in [6.45, 7) is 6.52. The maximum absolute atomic E-state index is 11.8. The third-order valence-electron chi connectivity index (χ3n) is 9.92. The van der Waals surface area contributed by atoms with Crippen LogP contribution in [0.25, 0.3) is 0 Å². The highest BCUT2D eigenvalue weighted by Gasteiger charge is 2.64. The molecule has 168 valence electrons. The van der Waals surface area contributed by atoms with E-state index in [0.717, 1.165) is 44.6 Å². The average Bonchev–Trinajstić information content (AvgIpc) is 2.98. The molecular weight excluding hydrogens is 380 g/mol. The lowest BCUT2D eigenvalue weighted by Gasteiger charge is -2.61. The second kappa shape index (κ2) is 7.65. The van der Waals surface area contributed by atoms with Crippen LogP contribution in [0.3, 0.4) is 0 Å². The van der Waals surface area contributed by atoms with E-state index < -0.39 is 11.6 Å². The molecule has 4 saturated carbocycles. The van der Waals surface area contributed by atoms with Crippen molar-refractivity contribution in [2.75, 3.05) is 0 Å². The first kappa shape index (κ1) is 21.9. The van der Waals surface area contributed by atoms with Crippen molar-refractivity contribution in [1.82, 2.24) is 0 Å². The number of carboxylic acids is 1. The first-order valence-corrected chi connectivity index (χ1v) is 12.0. The van der Waals surface area contributed by atoms with E-state index >= 15 is 0 Å². The molecule has 4 aliphatic rings. The van der Waals surface area contributed by atoms with Gasteiger partial charge < -0.3 is 14.9 Å². The zero-order valence-corrected chi connectivity index (χ0v) is 18.7. The van der Waals surface area contributed by atoms with Crippen molar-refractivity contribution in [3.63, 3.8) is 0 Å². The second-order valence-corrected chi connectivity index (χ2v) is 11.0. The van der Waals surface area contributed by atoms with Crippen molar-refractivity contribution in [1.29, 1.82) is 0 Å². The molecule has 5 heteroatoms. The summed E-state index contributed by atoms with van der Waals surface area (Å²) in [6.07, 6.45) is 12.4. The fourth-order valence-corrected chi connectivity index (χ4v) is 8.13. The first-order chi connectivity index (χ1) is 14.1. The van der Waals surface area contributed by atoms with Crippen molar-refractivity contribution >= 4 is 11.9 Å². The van der Waals surface area contributed by atoms with Crippen LogP contribution in [0.5, 0.6) is 0 Å². The number of esters is 1. The fraction of sp³-hybridized carbons (Fsp3) is 0.840. The Labute approximate surface area is 180 Å². The smallest absolute Gasteiger partial charge is 0.328 e. The molecule has 0 aromatic rings. The summed E-state index contributed by atoms with van der Waals surface area (Å²) >= 11 is 0. The summed E-state index contributed by atoms with van der Waals surface area (Å²) in [5, 5.41) is 20.5. The maximum atomic E-state index is 11.8. The van der Waals surface area contributed by atoms with Crippen LogP contribution in [0.1, 0.15) is 85.0 Å². The Bertz CT molecular complexity index is 731. The number of ether oxygens (including phenoxy) is 1. The van der Waals surface area contributed by atoms with Gasteiger partial charge in [0, 0.05) is 17.9 Å². The van der Waals surface area contributed by atoms with Gasteiger partial charge in [-0.15, -0.1) is 0 Å². The van der Waals surface area contributed by atoms with Crippen molar-refractivity contribution < 1.29 is 24.5 Å². The number of aliphatic hydroxyl groups is 1. The Kier molecular flexibility index (Phi) is 5.57. The van der Waals surface area contributed by atoms with Crippen molar-refractivity contribution in [3.8, 4) is 0 Å². The van der Waals surface area contributed by atoms with Gasteiger partial charge in [-0.3, -0.25) is 4.79 Å². The molecule has 0 unspecified atom stereocenters. The third-order valence-corrected chi connectivity index (χ3v) is 9.92. The summed E-state index contributed by atoms with van der Waals surface area (Å²) in [4.78, 5) is 22.9. The number of hydrogen-bond donors (Lipinski definition) is 2. The Balaban J connectivity index is 1.52. The standard InChI is InChI=1S/C25H38O5/c1-4-22(28)30-17-7-11-23(2)16(15-17)5-6-18-19(23)8-12-24(3)20(18)9-13-25(24,29)14-10-21(26)27/h10,14,16-20,29H,4-9,11-13,15H2,1-3H3,(H,26,27)/t16-,17-,18+,19-,20-,23-,24-,25+/m0/s1. The highest BCUT2D eigenvalue weighted by Crippen LogP contribution is 2.68. The van der Waals surface area contributed by atoms with E-state index in [1.165, 1.54) is 12.8 Å². The number of carbonyl (C=O) groups is 2. The lowest BCUT2D eigenvalue weighted by Crippen LogP contribution is -2.56. The van der Waals surface area contributed by atoms with Crippen LogP contribution < -0.4 is 0 Å². The predicted octanol–water partition coefficient (Wildman–Crippen LogP) is 4.72. The Morgan fingerprint density at radius 2 is 1.77 bits per heavy atom. The minimum absolute atomic E-state index is 0.0784. The molecule has 4 aliphatic carbocycles. The van der Waals surface area contributed by atoms with Gasteiger partial charge in [0.05, 0.1) is 5.60 Å². The number of hydrogen-bond acceptors (Lipinski definition) is 4. The highest BCUT2D eigenvalue weighted by molar-refractivity contribution is 5.80. The van der Waals surface area contributed by atoms with Crippen LogP contribution >= 0.6 is 0 Å². The summed E-state index contributed by atoms with van der Waals surface area (Å²) in [5.41, 5.74) is -0.959. The third kappa shape index (κ3) is 3.32. The molecule has 0 saturated heterocycles. The van der Waals surface area contributed by atoms with E-state index in [9.17, 15) is 14.7 Å². The molecule has 0 aromatic carbocycles. The van der Waals surface area contributed by atoms with Crippen molar-refractivity contribution in [3.05, 3.63) is 12.2 Å². The van der Waals surface area contributed by atoms with Gasteiger partial charge in [0.15, 0.2) is 0 Å². The van der Waals surface area contributed by atoms with Crippen LogP contribution in [0.4, 0.5) is 0 Å². The molecule has 0 radical (unpaired) electrons. The molecule has 4 rings (SSSR count). The molecule has 0 aromatic heterocycles. The molecule has 0 spiro atoms. The van der Waals surface area contributed by atoms with Gasteiger partial charge in [-0.1, -0.05) is 20.8 Å². The van der Waals surface area contributed by atoms with Gasteiger partial charge in [-0.05, 0) is 93.0 Å². The molecule has 8 atom stereocenters. The van der Waals surface area contributed by atoms with Gasteiger partial charge in [-0.2, -0.15) is 0 Å². The lowest BCUT2D eigenvalue weighted by molar-refractivity contribution is -0.166. The Hall–Kier alpha value is -1.36.